The third kappa shape index (κ3) is 4.40. The standard InChI is InChI=1S/C34H24F2N8/c35-29-17-10-18-30(31(29)36)44-33(40-41-42-44)28-19-23(20-38-32(28)37)24-21-39-43(22-24)34(25-11-4-1-5-12-25,26-13-6-2-7-14-26)27-15-8-3-9-16-27/h1-22H,(H2,37,38). The van der Waals surface area contributed by atoms with E-state index in [1.165, 1.54) is 12.1 Å². The summed E-state index contributed by atoms with van der Waals surface area (Å²) in [6, 6.07) is 36.2. The molecule has 0 saturated carbocycles. The molecule has 0 aliphatic rings. The first kappa shape index (κ1) is 26.8. The molecule has 7 rings (SSSR count). The molecular weight excluding hydrogens is 558 g/mol. The molecule has 214 valence electrons. The largest absolute Gasteiger partial charge is 0.383 e. The van der Waals surface area contributed by atoms with Gasteiger partial charge in [-0.05, 0) is 45.3 Å². The second-order valence-corrected chi connectivity index (χ2v) is 10.1. The molecule has 0 unspecified atom stereocenters. The van der Waals surface area contributed by atoms with Crippen LogP contribution < -0.4 is 5.73 Å². The molecule has 0 amide bonds. The van der Waals surface area contributed by atoms with Crippen LogP contribution in [0.25, 0.3) is 28.2 Å². The molecule has 4 aromatic carbocycles. The first-order valence-electron chi connectivity index (χ1n) is 13.8. The zero-order chi connectivity index (χ0) is 30.1. The number of hydrogen-bond donors (Lipinski definition) is 1. The van der Waals surface area contributed by atoms with Crippen LogP contribution in [0.3, 0.4) is 0 Å². The highest BCUT2D eigenvalue weighted by Crippen LogP contribution is 2.41. The minimum absolute atomic E-state index is 0.112. The third-order valence-corrected chi connectivity index (χ3v) is 7.62. The maximum absolute atomic E-state index is 14.7. The number of nitrogens with zero attached hydrogens (tertiary/aromatic N) is 7. The summed E-state index contributed by atoms with van der Waals surface area (Å²) in [6.45, 7) is 0. The molecule has 3 heterocycles. The summed E-state index contributed by atoms with van der Waals surface area (Å²) in [7, 11) is 0. The molecule has 44 heavy (non-hydrogen) atoms. The Labute approximate surface area is 251 Å². The van der Waals surface area contributed by atoms with E-state index in [9.17, 15) is 8.78 Å². The van der Waals surface area contributed by atoms with Crippen LogP contribution in [0.2, 0.25) is 0 Å². The van der Waals surface area contributed by atoms with Gasteiger partial charge in [0.25, 0.3) is 0 Å². The van der Waals surface area contributed by atoms with E-state index in [0.717, 1.165) is 33.0 Å². The van der Waals surface area contributed by atoms with Crippen molar-refractivity contribution < 1.29 is 8.78 Å². The summed E-state index contributed by atoms with van der Waals surface area (Å²) in [5.41, 5.74) is 10.2. The van der Waals surface area contributed by atoms with Crippen molar-refractivity contribution in [3.05, 3.63) is 162 Å². The SMILES string of the molecule is Nc1ncc(-c2cnn(C(c3ccccc3)(c3ccccc3)c3ccccc3)c2)cc1-c1nnnn1-c1cccc(F)c1F. The van der Waals surface area contributed by atoms with Crippen LogP contribution >= 0.6 is 0 Å². The van der Waals surface area contributed by atoms with E-state index in [1.807, 2.05) is 65.5 Å². The van der Waals surface area contributed by atoms with Gasteiger partial charge < -0.3 is 5.73 Å². The number of rotatable bonds is 7. The monoisotopic (exact) mass is 582 g/mol. The topological polar surface area (TPSA) is 100 Å². The highest BCUT2D eigenvalue weighted by molar-refractivity contribution is 5.76. The second-order valence-electron chi connectivity index (χ2n) is 10.1. The molecule has 3 aromatic heterocycles. The predicted molar refractivity (Wildman–Crippen MR) is 163 cm³/mol. The molecule has 0 atom stereocenters. The van der Waals surface area contributed by atoms with Crippen molar-refractivity contribution in [3.63, 3.8) is 0 Å². The Morgan fingerprint density at radius 1 is 0.682 bits per heavy atom. The van der Waals surface area contributed by atoms with E-state index in [-0.39, 0.29) is 17.3 Å². The van der Waals surface area contributed by atoms with Crippen LogP contribution in [0.15, 0.2) is 134 Å². The van der Waals surface area contributed by atoms with E-state index < -0.39 is 17.2 Å². The maximum atomic E-state index is 14.7. The summed E-state index contributed by atoms with van der Waals surface area (Å²) in [4.78, 5) is 4.40. The van der Waals surface area contributed by atoms with Gasteiger partial charge in [-0.25, -0.2) is 13.8 Å². The van der Waals surface area contributed by atoms with Crippen molar-refractivity contribution in [2.24, 2.45) is 0 Å². The fourth-order valence-electron chi connectivity index (χ4n) is 5.58. The Bertz CT molecular complexity index is 1960. The number of nitrogens with two attached hydrogens (primary N) is 1. The Morgan fingerprint density at radius 2 is 1.30 bits per heavy atom. The normalized spacial score (nSPS) is 11.5. The molecule has 0 radical (unpaired) electrons. The van der Waals surface area contributed by atoms with E-state index in [4.69, 9.17) is 10.8 Å². The van der Waals surface area contributed by atoms with Gasteiger partial charge in [0, 0.05) is 23.5 Å². The van der Waals surface area contributed by atoms with Crippen LogP contribution in [0, 0.1) is 11.6 Å². The van der Waals surface area contributed by atoms with Gasteiger partial charge in [0.1, 0.15) is 17.0 Å². The van der Waals surface area contributed by atoms with Crippen LogP contribution in [0.4, 0.5) is 14.6 Å². The van der Waals surface area contributed by atoms with Gasteiger partial charge in [-0.1, -0.05) is 97.1 Å². The lowest BCUT2D eigenvalue weighted by Gasteiger charge is -2.36. The van der Waals surface area contributed by atoms with E-state index in [0.29, 0.717) is 11.1 Å². The van der Waals surface area contributed by atoms with Crippen LogP contribution in [0.5, 0.6) is 0 Å². The van der Waals surface area contributed by atoms with Crippen LogP contribution in [-0.4, -0.2) is 35.0 Å². The Kier molecular flexibility index (Phi) is 6.71. The molecule has 0 fully saturated rings. The minimum Gasteiger partial charge on any atom is -0.383 e. The maximum Gasteiger partial charge on any atom is 0.190 e. The molecule has 0 aliphatic carbocycles. The van der Waals surface area contributed by atoms with E-state index in [1.54, 1.807) is 18.5 Å². The van der Waals surface area contributed by atoms with Crippen LogP contribution in [0.1, 0.15) is 16.7 Å². The average Bonchev–Trinajstić information content (AvgIpc) is 3.76. The van der Waals surface area contributed by atoms with Crippen molar-refractivity contribution in [3.8, 4) is 28.2 Å². The Morgan fingerprint density at radius 3 is 1.91 bits per heavy atom. The molecule has 0 spiro atoms. The first-order chi connectivity index (χ1) is 21.6. The zero-order valence-electron chi connectivity index (χ0n) is 23.2. The number of hydrogen-bond acceptors (Lipinski definition) is 6. The second kappa shape index (κ2) is 11.0. The molecule has 7 aromatic rings. The zero-order valence-corrected chi connectivity index (χ0v) is 23.2. The van der Waals surface area contributed by atoms with E-state index in [2.05, 4.69) is 56.9 Å². The number of tetrazole rings is 1. The van der Waals surface area contributed by atoms with Crippen molar-refractivity contribution in [2.75, 3.05) is 5.73 Å². The molecule has 10 heteroatoms. The highest BCUT2D eigenvalue weighted by atomic mass is 19.2. The van der Waals surface area contributed by atoms with Gasteiger partial charge in [-0.15, -0.1) is 5.10 Å². The molecule has 0 aliphatic heterocycles. The fourth-order valence-corrected chi connectivity index (χ4v) is 5.58. The molecular formula is C34H24F2N8. The average molecular weight is 583 g/mol. The minimum atomic E-state index is -1.08. The van der Waals surface area contributed by atoms with Crippen LogP contribution in [-0.2, 0) is 5.54 Å². The Balaban J connectivity index is 1.39. The smallest absolute Gasteiger partial charge is 0.190 e. The lowest BCUT2D eigenvalue weighted by molar-refractivity contribution is 0.460. The summed E-state index contributed by atoms with van der Waals surface area (Å²) >= 11 is 0. The number of aromatic nitrogens is 7. The molecule has 2 N–H and O–H groups in total. The number of anilines is 1. The van der Waals surface area contributed by atoms with Gasteiger partial charge in [-0.3, -0.25) is 4.68 Å². The molecule has 0 bridgehead atoms. The number of halogens is 2. The molecule has 8 nitrogen and oxygen atoms in total. The van der Waals surface area contributed by atoms with Crippen molar-refractivity contribution in [1.29, 1.82) is 0 Å². The van der Waals surface area contributed by atoms with Gasteiger partial charge in [0.2, 0.25) is 0 Å². The lowest BCUT2D eigenvalue weighted by atomic mass is 9.77. The van der Waals surface area contributed by atoms with Gasteiger partial charge in [-0.2, -0.15) is 9.78 Å². The van der Waals surface area contributed by atoms with Gasteiger partial charge in [0.15, 0.2) is 17.5 Å². The van der Waals surface area contributed by atoms with Gasteiger partial charge >= 0.3 is 0 Å². The summed E-state index contributed by atoms with van der Waals surface area (Å²) in [6.07, 6.45) is 5.35. The summed E-state index contributed by atoms with van der Waals surface area (Å²) in [5.74, 6) is -1.86. The predicted octanol–water partition coefficient (Wildman–Crippen LogP) is 6.29. The van der Waals surface area contributed by atoms with Crippen molar-refractivity contribution >= 4 is 5.82 Å². The number of benzene rings is 4. The van der Waals surface area contributed by atoms with E-state index >= 15 is 0 Å². The fraction of sp³-hybridized carbons (Fsp3) is 0.0294. The molecule has 0 saturated heterocycles. The Hall–Kier alpha value is -6.03. The highest BCUT2D eigenvalue weighted by Gasteiger charge is 2.39. The first-order valence-corrected chi connectivity index (χ1v) is 13.8. The summed E-state index contributed by atoms with van der Waals surface area (Å²) < 4.78 is 31.8. The van der Waals surface area contributed by atoms with Crippen molar-refractivity contribution in [1.82, 2.24) is 35.0 Å². The third-order valence-electron chi connectivity index (χ3n) is 7.62. The van der Waals surface area contributed by atoms with Crippen molar-refractivity contribution in [2.45, 2.75) is 5.54 Å². The lowest BCUT2D eigenvalue weighted by Crippen LogP contribution is -2.38. The number of nitrogen functional groups attached to an aromatic ring is 1. The summed E-state index contributed by atoms with van der Waals surface area (Å²) in [5, 5.41) is 16.6. The van der Waals surface area contributed by atoms with Gasteiger partial charge in [0.05, 0.1) is 11.8 Å². The number of pyridine rings is 1. The quantitative estimate of drug-likeness (QED) is 0.222.